The van der Waals surface area contributed by atoms with Gasteiger partial charge in [0.15, 0.2) is 0 Å². The molecule has 1 aliphatic heterocycles. The average Bonchev–Trinajstić information content (AvgIpc) is 2.96. The summed E-state index contributed by atoms with van der Waals surface area (Å²) in [6.45, 7) is 6.06. The number of nitrogen functional groups attached to an aromatic ring is 1. The van der Waals surface area contributed by atoms with Crippen LogP contribution in [-0.4, -0.2) is 67.7 Å². The molecular weight excluding hydrogens is 478 g/mol. The van der Waals surface area contributed by atoms with E-state index in [0.717, 1.165) is 53.9 Å². The zero-order valence-corrected chi connectivity index (χ0v) is 22.5. The van der Waals surface area contributed by atoms with E-state index in [1.807, 2.05) is 50.1 Å². The van der Waals surface area contributed by atoms with Crippen molar-refractivity contribution in [1.82, 2.24) is 14.9 Å². The van der Waals surface area contributed by atoms with Gasteiger partial charge in [0, 0.05) is 11.6 Å². The van der Waals surface area contributed by atoms with Crippen molar-refractivity contribution in [3.63, 3.8) is 0 Å². The van der Waals surface area contributed by atoms with E-state index >= 15 is 0 Å². The summed E-state index contributed by atoms with van der Waals surface area (Å²) in [4.78, 5) is 18.8. The first kappa shape index (κ1) is 30.0. The van der Waals surface area contributed by atoms with Gasteiger partial charge in [0.25, 0.3) is 0 Å². The highest BCUT2D eigenvalue weighted by Crippen LogP contribution is 2.25. The minimum atomic E-state index is 0.0998. The number of aryl methyl sites for hydroxylation is 1. The Balaban J connectivity index is 0.00000121. The first-order valence-corrected chi connectivity index (χ1v) is 12.2. The van der Waals surface area contributed by atoms with Crippen LogP contribution in [0.15, 0.2) is 48.8 Å². The number of methoxy groups -OCH3 is 1. The van der Waals surface area contributed by atoms with Crippen molar-refractivity contribution in [2.45, 2.75) is 25.8 Å². The molecule has 1 fully saturated rings. The van der Waals surface area contributed by atoms with Crippen molar-refractivity contribution in [3.8, 4) is 28.7 Å². The summed E-state index contributed by atoms with van der Waals surface area (Å²) in [6.07, 6.45) is 3.45. The lowest BCUT2D eigenvalue weighted by molar-refractivity contribution is -0.0980. The number of benzene rings is 2. The van der Waals surface area contributed by atoms with Gasteiger partial charge in [0.05, 0.1) is 12.7 Å². The van der Waals surface area contributed by atoms with Gasteiger partial charge in [-0.25, -0.2) is 9.97 Å². The van der Waals surface area contributed by atoms with Crippen molar-refractivity contribution in [2.75, 3.05) is 45.3 Å². The largest absolute Gasteiger partial charge is 0.497 e. The van der Waals surface area contributed by atoms with Crippen molar-refractivity contribution < 1.29 is 9.53 Å². The maximum atomic E-state index is 8.65. The van der Waals surface area contributed by atoms with Gasteiger partial charge in [-0.1, -0.05) is 30.2 Å². The van der Waals surface area contributed by atoms with Crippen molar-refractivity contribution >= 4 is 24.1 Å². The third kappa shape index (κ3) is 7.87. The molecule has 0 amide bonds. The second-order valence-corrected chi connectivity index (χ2v) is 8.59. The van der Waals surface area contributed by atoms with E-state index in [2.05, 4.69) is 50.9 Å². The monoisotopic (exact) mass is 515 g/mol. The molecule has 9 heteroatoms. The molecule has 4 rings (SSSR count). The number of carbonyl (C=O) groups excluding carboxylic acids is 1. The quantitative estimate of drug-likeness (QED) is 0.299. The number of rotatable bonds is 5. The van der Waals surface area contributed by atoms with Crippen LogP contribution in [0.3, 0.4) is 0 Å². The molecule has 2 aromatic carbocycles. The Bertz CT molecular complexity index is 1260. The van der Waals surface area contributed by atoms with Gasteiger partial charge < -0.3 is 31.2 Å². The second-order valence-electron chi connectivity index (χ2n) is 8.59. The summed E-state index contributed by atoms with van der Waals surface area (Å²) >= 11 is 0. The molecule has 6 N–H and O–H groups in total. The number of nitrogens with two attached hydrogens (primary N) is 2. The average molecular weight is 516 g/mol. The van der Waals surface area contributed by atoms with Crippen LogP contribution >= 0.6 is 0 Å². The van der Waals surface area contributed by atoms with E-state index in [-0.39, 0.29) is 17.6 Å². The van der Waals surface area contributed by atoms with Crippen LogP contribution in [0.25, 0.3) is 11.1 Å². The number of carbonyl (C=O) groups is 1. The van der Waals surface area contributed by atoms with E-state index in [1.54, 1.807) is 7.11 Å². The van der Waals surface area contributed by atoms with Gasteiger partial charge in [-0.15, -0.1) is 0 Å². The number of piperidine rings is 1. The zero-order valence-electron chi connectivity index (χ0n) is 22.5. The Morgan fingerprint density at radius 1 is 1.11 bits per heavy atom. The third-order valence-electron chi connectivity index (χ3n) is 6.17. The molecule has 1 aliphatic rings. The summed E-state index contributed by atoms with van der Waals surface area (Å²) < 4.78 is 5.25. The Kier molecular flexibility index (Phi) is 11.9. The molecule has 0 unspecified atom stereocenters. The number of anilines is 2. The normalized spacial score (nSPS) is 13.0. The number of hydrogen-bond acceptors (Lipinski definition) is 9. The second kappa shape index (κ2) is 15.1. The summed E-state index contributed by atoms with van der Waals surface area (Å²) in [7, 11) is 5.28. The van der Waals surface area contributed by atoms with Gasteiger partial charge in [-0.3, -0.25) is 5.41 Å². The standard InChI is InChI=1S/C27H30N6O.CH5N.CH2O/c1-18-4-5-21(19-6-9-23(34-3)10-7-19)16-20(18)8-11-24(28)25-26(29)30-17-31-27(25)32-22-12-14-33(2)15-13-22;2*1-2/h4-7,9-10,16-17,22,28H,12-15H2,1-3H3,(H3,29,30,31,32);2H2,1H3;1H2. The highest BCUT2D eigenvalue weighted by molar-refractivity contribution is 6.16. The minimum absolute atomic E-state index is 0.0998. The van der Waals surface area contributed by atoms with Gasteiger partial charge in [-0.2, -0.15) is 0 Å². The Labute approximate surface area is 225 Å². The lowest BCUT2D eigenvalue weighted by atomic mass is 9.99. The molecule has 0 radical (unpaired) electrons. The molecule has 38 heavy (non-hydrogen) atoms. The predicted molar refractivity (Wildman–Crippen MR) is 155 cm³/mol. The van der Waals surface area contributed by atoms with Crippen molar-refractivity contribution in [2.24, 2.45) is 5.73 Å². The molecule has 0 spiro atoms. The van der Waals surface area contributed by atoms with Crippen LogP contribution in [0.4, 0.5) is 11.6 Å². The lowest BCUT2D eigenvalue weighted by Gasteiger charge is -2.30. The Morgan fingerprint density at radius 2 is 1.74 bits per heavy atom. The van der Waals surface area contributed by atoms with Crippen molar-refractivity contribution in [1.29, 1.82) is 5.41 Å². The van der Waals surface area contributed by atoms with Crippen LogP contribution in [0.1, 0.15) is 29.5 Å². The maximum absolute atomic E-state index is 8.65. The fraction of sp³-hybridized carbons (Fsp3) is 0.310. The predicted octanol–water partition coefficient (Wildman–Crippen LogP) is 3.36. The minimum Gasteiger partial charge on any atom is -0.497 e. The topological polar surface area (TPSA) is 143 Å². The Hall–Kier alpha value is -4.26. The lowest BCUT2D eigenvalue weighted by Crippen LogP contribution is -2.37. The van der Waals surface area contributed by atoms with Crippen LogP contribution in [0, 0.1) is 24.2 Å². The van der Waals surface area contributed by atoms with Crippen molar-refractivity contribution in [3.05, 3.63) is 65.5 Å². The fourth-order valence-corrected chi connectivity index (χ4v) is 4.01. The van der Waals surface area contributed by atoms with Crippen LogP contribution in [-0.2, 0) is 4.79 Å². The van der Waals surface area contributed by atoms with E-state index in [0.29, 0.717) is 11.4 Å². The third-order valence-corrected chi connectivity index (χ3v) is 6.17. The molecular formula is C29H37N7O2. The van der Waals surface area contributed by atoms with E-state index in [1.165, 1.54) is 13.4 Å². The first-order chi connectivity index (χ1) is 18.4. The number of aromatic nitrogens is 2. The molecule has 0 bridgehead atoms. The molecule has 1 aromatic heterocycles. The fourth-order valence-electron chi connectivity index (χ4n) is 4.01. The van der Waals surface area contributed by atoms with E-state index in [9.17, 15) is 0 Å². The number of nitrogens with one attached hydrogen (secondary N) is 2. The van der Waals surface area contributed by atoms with Gasteiger partial charge in [-0.05, 0) is 87.8 Å². The van der Waals surface area contributed by atoms with Gasteiger partial charge in [0.2, 0.25) is 0 Å². The molecule has 200 valence electrons. The molecule has 0 saturated carbocycles. The van der Waals surface area contributed by atoms with E-state index in [4.69, 9.17) is 20.7 Å². The van der Waals surface area contributed by atoms with Crippen LogP contribution in [0.5, 0.6) is 5.75 Å². The summed E-state index contributed by atoms with van der Waals surface area (Å²) in [5, 5.41) is 12.1. The number of ether oxygens (including phenoxy) is 1. The smallest absolute Gasteiger partial charge is 0.141 e. The molecule has 1 saturated heterocycles. The Morgan fingerprint density at radius 3 is 2.37 bits per heavy atom. The summed E-state index contributed by atoms with van der Waals surface area (Å²) in [5.41, 5.74) is 15.2. The van der Waals surface area contributed by atoms with E-state index < -0.39 is 0 Å². The number of hydrogen-bond donors (Lipinski definition) is 4. The molecule has 2 heterocycles. The molecule has 0 atom stereocenters. The SMILES string of the molecule is C=O.CN.COc1ccc(-c2ccc(C)c(C#CC(=N)c3c(N)ncnc3NC3CCN(C)CC3)c2)cc1. The van der Waals surface area contributed by atoms with Crippen LogP contribution < -0.4 is 21.5 Å². The summed E-state index contributed by atoms with van der Waals surface area (Å²) in [5.74, 6) is 7.79. The van der Waals surface area contributed by atoms with Crippen LogP contribution in [0.2, 0.25) is 0 Å². The number of likely N-dealkylation sites (tertiary alicyclic amines) is 1. The molecule has 9 nitrogen and oxygen atoms in total. The maximum Gasteiger partial charge on any atom is 0.141 e. The highest BCUT2D eigenvalue weighted by atomic mass is 16.5. The zero-order chi connectivity index (χ0) is 28.1. The molecule has 0 aliphatic carbocycles. The van der Waals surface area contributed by atoms with Gasteiger partial charge >= 0.3 is 0 Å². The first-order valence-electron chi connectivity index (χ1n) is 12.2. The summed E-state index contributed by atoms with van der Waals surface area (Å²) in [6, 6.07) is 14.4. The molecule has 3 aromatic rings. The van der Waals surface area contributed by atoms with Gasteiger partial charge in [0.1, 0.15) is 36.2 Å². The highest BCUT2D eigenvalue weighted by Gasteiger charge is 2.20. The number of nitrogens with zero attached hydrogens (tertiary/aromatic N) is 3.